The highest BCUT2D eigenvalue weighted by Crippen LogP contribution is 2.17. The van der Waals surface area contributed by atoms with Gasteiger partial charge in [-0.2, -0.15) is 0 Å². The summed E-state index contributed by atoms with van der Waals surface area (Å²) in [6.07, 6.45) is 4.46. The fourth-order valence-electron chi connectivity index (χ4n) is 1.47. The summed E-state index contributed by atoms with van der Waals surface area (Å²) in [5.74, 6) is -0.209. The Hall–Kier alpha value is -2.14. The number of ether oxygens (including phenoxy) is 1. The lowest BCUT2D eigenvalue weighted by Gasteiger charge is -2.04. The molecular weight excluding hydrogens is 262 g/mol. The molecule has 1 N–H and O–H groups in total. The number of rotatable bonds is 5. The molecule has 0 saturated heterocycles. The number of carbonyl (C=O) groups is 1. The van der Waals surface area contributed by atoms with Crippen LogP contribution in [-0.4, -0.2) is 16.1 Å². The Morgan fingerprint density at radius 3 is 2.74 bits per heavy atom. The van der Waals surface area contributed by atoms with Gasteiger partial charge in [0.2, 0.25) is 0 Å². The maximum Gasteiger partial charge on any atom is 0.328 e. The lowest BCUT2D eigenvalue weighted by atomic mass is 10.2. The number of carboxylic acid groups (broad SMARTS) is 1. The van der Waals surface area contributed by atoms with Crippen molar-refractivity contribution >= 4 is 23.4 Å². The highest BCUT2D eigenvalue weighted by molar-refractivity contribution is 7.11. The minimum atomic E-state index is -0.958. The second kappa shape index (κ2) is 6.15. The van der Waals surface area contributed by atoms with E-state index in [2.05, 4.69) is 4.98 Å². The summed E-state index contributed by atoms with van der Waals surface area (Å²) in [4.78, 5) is 15.6. The van der Waals surface area contributed by atoms with E-state index in [-0.39, 0.29) is 0 Å². The summed E-state index contributed by atoms with van der Waals surface area (Å²) < 4.78 is 5.62. The highest BCUT2D eigenvalue weighted by Gasteiger charge is 1.99. The zero-order valence-corrected chi connectivity index (χ0v) is 11.2. The van der Waals surface area contributed by atoms with Crippen LogP contribution in [0.3, 0.4) is 0 Å². The lowest BCUT2D eigenvalue weighted by molar-refractivity contribution is -0.131. The van der Waals surface area contributed by atoms with Gasteiger partial charge in [0.15, 0.2) is 0 Å². The zero-order chi connectivity index (χ0) is 13.7. The van der Waals surface area contributed by atoms with Crippen LogP contribution in [-0.2, 0) is 11.4 Å². The Balaban J connectivity index is 1.93. The molecule has 0 unspecified atom stereocenters. The van der Waals surface area contributed by atoms with E-state index in [1.54, 1.807) is 17.4 Å². The third kappa shape index (κ3) is 4.22. The number of aliphatic carboxylic acids is 1. The normalized spacial score (nSPS) is 10.8. The minimum Gasteiger partial charge on any atom is -0.488 e. The molecule has 0 amide bonds. The molecule has 0 aliphatic heterocycles. The average Bonchev–Trinajstić information content (AvgIpc) is 2.81. The van der Waals surface area contributed by atoms with Crippen molar-refractivity contribution in [2.24, 2.45) is 0 Å². The van der Waals surface area contributed by atoms with Gasteiger partial charge in [-0.3, -0.25) is 0 Å². The molecule has 0 atom stereocenters. The number of carboxylic acids is 1. The van der Waals surface area contributed by atoms with Crippen LogP contribution in [0.2, 0.25) is 0 Å². The molecule has 0 aliphatic rings. The van der Waals surface area contributed by atoms with Crippen LogP contribution < -0.4 is 4.74 Å². The van der Waals surface area contributed by atoms with E-state index in [0.29, 0.717) is 6.61 Å². The van der Waals surface area contributed by atoms with E-state index in [9.17, 15) is 4.79 Å². The molecule has 1 aromatic carbocycles. The van der Waals surface area contributed by atoms with Gasteiger partial charge in [-0.1, -0.05) is 12.1 Å². The highest BCUT2D eigenvalue weighted by atomic mass is 32.1. The Labute approximate surface area is 115 Å². The van der Waals surface area contributed by atoms with Crippen LogP contribution in [0.25, 0.3) is 6.08 Å². The monoisotopic (exact) mass is 275 g/mol. The predicted octanol–water partition coefficient (Wildman–Crippen LogP) is 3.13. The topological polar surface area (TPSA) is 59.4 Å². The van der Waals surface area contributed by atoms with Crippen LogP contribution in [0.4, 0.5) is 0 Å². The van der Waals surface area contributed by atoms with Gasteiger partial charge in [-0.15, -0.1) is 11.3 Å². The van der Waals surface area contributed by atoms with Crippen LogP contribution in [0.1, 0.15) is 15.4 Å². The molecule has 1 aromatic heterocycles. The fraction of sp³-hybridized carbons (Fsp3) is 0.143. The van der Waals surface area contributed by atoms with E-state index in [4.69, 9.17) is 9.84 Å². The van der Waals surface area contributed by atoms with Crippen LogP contribution >= 0.6 is 11.3 Å². The average molecular weight is 275 g/mol. The second-order valence-corrected chi connectivity index (χ2v) is 5.19. The summed E-state index contributed by atoms with van der Waals surface area (Å²) in [5.41, 5.74) is 0.823. The summed E-state index contributed by atoms with van der Waals surface area (Å²) in [6, 6.07) is 7.25. The maximum absolute atomic E-state index is 10.4. The van der Waals surface area contributed by atoms with Crippen molar-refractivity contribution in [1.29, 1.82) is 0 Å². The van der Waals surface area contributed by atoms with Crippen molar-refractivity contribution in [3.05, 3.63) is 52.0 Å². The molecule has 1 heterocycles. The van der Waals surface area contributed by atoms with Crippen LogP contribution in [0.15, 0.2) is 36.5 Å². The molecule has 0 aliphatic carbocycles. The first-order valence-electron chi connectivity index (χ1n) is 5.68. The first kappa shape index (κ1) is 13.3. The van der Waals surface area contributed by atoms with E-state index < -0.39 is 5.97 Å². The number of aromatic nitrogens is 1. The standard InChI is InChI=1S/C14H13NO3S/c1-10-15-8-13(19-10)9-18-12-5-2-11(3-6-12)4-7-14(16)17/h2-8H,9H2,1H3,(H,16,17). The number of aryl methyl sites for hydroxylation is 1. The molecule has 0 radical (unpaired) electrons. The number of hydrogen-bond donors (Lipinski definition) is 1. The first-order chi connectivity index (χ1) is 9.13. The van der Waals surface area contributed by atoms with Crippen molar-refractivity contribution < 1.29 is 14.6 Å². The van der Waals surface area contributed by atoms with E-state index >= 15 is 0 Å². The predicted molar refractivity (Wildman–Crippen MR) is 74.3 cm³/mol. The van der Waals surface area contributed by atoms with Crippen LogP contribution in [0.5, 0.6) is 5.75 Å². The summed E-state index contributed by atoms with van der Waals surface area (Å²) >= 11 is 1.61. The van der Waals surface area contributed by atoms with Crippen molar-refractivity contribution in [1.82, 2.24) is 4.98 Å². The number of thiazole rings is 1. The van der Waals surface area contributed by atoms with E-state index in [0.717, 1.165) is 27.3 Å². The third-order valence-corrected chi connectivity index (χ3v) is 3.23. The van der Waals surface area contributed by atoms with Gasteiger partial charge in [-0.25, -0.2) is 9.78 Å². The summed E-state index contributed by atoms with van der Waals surface area (Å²) in [6.45, 7) is 2.45. The molecule has 0 saturated carbocycles. The molecule has 19 heavy (non-hydrogen) atoms. The van der Waals surface area contributed by atoms with Crippen molar-refractivity contribution in [3.63, 3.8) is 0 Å². The molecule has 0 bridgehead atoms. The van der Waals surface area contributed by atoms with Gasteiger partial charge in [-0.05, 0) is 30.7 Å². The number of hydrogen-bond acceptors (Lipinski definition) is 4. The Kier molecular flexibility index (Phi) is 4.30. The van der Waals surface area contributed by atoms with Gasteiger partial charge < -0.3 is 9.84 Å². The summed E-state index contributed by atoms with van der Waals surface area (Å²) in [7, 11) is 0. The minimum absolute atomic E-state index is 0.496. The maximum atomic E-state index is 10.4. The smallest absolute Gasteiger partial charge is 0.328 e. The molecule has 2 rings (SSSR count). The van der Waals surface area contributed by atoms with Gasteiger partial charge in [0.25, 0.3) is 0 Å². The summed E-state index contributed by atoms with van der Waals surface area (Å²) in [5, 5.41) is 9.55. The molecule has 2 aromatic rings. The lowest BCUT2D eigenvalue weighted by Crippen LogP contribution is -1.92. The van der Waals surface area contributed by atoms with Gasteiger partial charge in [0.1, 0.15) is 12.4 Å². The van der Waals surface area contributed by atoms with E-state index in [1.807, 2.05) is 37.4 Å². The molecule has 0 fully saturated rings. The Morgan fingerprint density at radius 1 is 1.42 bits per heavy atom. The number of benzene rings is 1. The largest absolute Gasteiger partial charge is 0.488 e. The van der Waals surface area contributed by atoms with Crippen molar-refractivity contribution in [2.75, 3.05) is 0 Å². The first-order valence-corrected chi connectivity index (χ1v) is 6.50. The molecule has 4 nitrogen and oxygen atoms in total. The van der Waals surface area contributed by atoms with Crippen molar-refractivity contribution in [3.8, 4) is 5.75 Å². The Bertz CT molecular complexity index is 587. The number of nitrogens with zero attached hydrogens (tertiary/aromatic N) is 1. The molecule has 98 valence electrons. The van der Waals surface area contributed by atoms with E-state index in [1.165, 1.54) is 0 Å². The molecule has 0 spiro atoms. The Morgan fingerprint density at radius 2 is 2.16 bits per heavy atom. The SMILES string of the molecule is Cc1ncc(COc2ccc(C=CC(=O)O)cc2)s1. The zero-order valence-electron chi connectivity index (χ0n) is 10.4. The molecular formula is C14H13NO3S. The fourth-order valence-corrected chi connectivity index (χ4v) is 2.18. The second-order valence-electron chi connectivity index (χ2n) is 3.87. The third-order valence-electron chi connectivity index (χ3n) is 2.35. The van der Waals surface area contributed by atoms with Gasteiger partial charge >= 0.3 is 5.97 Å². The van der Waals surface area contributed by atoms with Gasteiger partial charge in [0.05, 0.1) is 9.88 Å². The van der Waals surface area contributed by atoms with Gasteiger partial charge in [0, 0.05) is 12.3 Å². The van der Waals surface area contributed by atoms with Crippen molar-refractivity contribution in [2.45, 2.75) is 13.5 Å². The molecule has 5 heteroatoms. The van der Waals surface area contributed by atoms with Crippen LogP contribution in [0, 0.1) is 6.92 Å². The quantitative estimate of drug-likeness (QED) is 0.852.